The van der Waals surface area contributed by atoms with Gasteiger partial charge in [-0.15, -0.1) is 0 Å². The molecule has 34 heavy (non-hydrogen) atoms. The van der Waals surface area contributed by atoms with E-state index >= 15 is 0 Å². The Labute approximate surface area is 199 Å². The van der Waals surface area contributed by atoms with Gasteiger partial charge in [-0.2, -0.15) is 12.6 Å². The molecule has 0 heterocycles. The molecule has 1 unspecified atom stereocenters. The standard InChI is InChI=1S/C15H28N4O12P2S/c20-10(5-14(32(26,27)28)33(29,30)31)16-4-2-1-3-9(19-12(22)8-34)15(25)18-6-11(21)17-7-13(23)24/h9,14,34H,1-8H2,(H,16,20)(H,17,21)(H,18,25)(H,19,22)(H,23,24)(H2,26,27,28)(H2,29,30,31). The molecular weight excluding hydrogens is 522 g/mol. The van der Waals surface area contributed by atoms with Crippen molar-refractivity contribution in [1.82, 2.24) is 21.3 Å². The molecule has 0 saturated carbocycles. The Bertz CT molecular complexity index is 823. The van der Waals surface area contributed by atoms with Gasteiger partial charge in [0.25, 0.3) is 0 Å². The fourth-order valence-electron chi connectivity index (χ4n) is 2.41. The lowest BCUT2D eigenvalue weighted by Gasteiger charge is -2.19. The Balaban J connectivity index is 4.63. The number of thiol groups is 1. The van der Waals surface area contributed by atoms with Crippen LogP contribution in [0.3, 0.4) is 0 Å². The van der Waals surface area contributed by atoms with E-state index < -0.39 is 75.7 Å². The van der Waals surface area contributed by atoms with E-state index in [1.165, 1.54) is 0 Å². The smallest absolute Gasteiger partial charge is 0.341 e. The van der Waals surface area contributed by atoms with Gasteiger partial charge in [0.2, 0.25) is 23.6 Å². The number of hydrogen-bond donors (Lipinski definition) is 10. The minimum Gasteiger partial charge on any atom is -0.480 e. The summed E-state index contributed by atoms with van der Waals surface area (Å²) in [7, 11) is -10.5. The van der Waals surface area contributed by atoms with Crippen molar-refractivity contribution in [3.05, 3.63) is 0 Å². The van der Waals surface area contributed by atoms with E-state index in [-0.39, 0.29) is 31.6 Å². The summed E-state index contributed by atoms with van der Waals surface area (Å²) >= 11 is 3.78. The van der Waals surface area contributed by atoms with Crippen LogP contribution in [0, 0.1) is 0 Å². The molecule has 16 nitrogen and oxygen atoms in total. The van der Waals surface area contributed by atoms with Crippen molar-refractivity contribution in [2.45, 2.75) is 37.1 Å². The molecule has 0 spiro atoms. The van der Waals surface area contributed by atoms with Gasteiger partial charge in [-0.05, 0) is 19.3 Å². The second-order valence-corrected chi connectivity index (χ2v) is 11.2. The molecule has 9 N–H and O–H groups in total. The van der Waals surface area contributed by atoms with E-state index in [0.717, 1.165) is 0 Å². The van der Waals surface area contributed by atoms with Crippen LogP contribution in [0.1, 0.15) is 25.7 Å². The molecule has 0 radical (unpaired) electrons. The van der Waals surface area contributed by atoms with E-state index in [1.807, 2.05) is 5.32 Å². The summed E-state index contributed by atoms with van der Waals surface area (Å²) in [6.45, 7) is -1.22. The second kappa shape index (κ2) is 15.1. The third kappa shape index (κ3) is 14.3. The molecule has 0 bridgehead atoms. The molecule has 4 amide bonds. The zero-order valence-corrected chi connectivity index (χ0v) is 20.4. The Hall–Kier alpha value is -2.00. The normalized spacial score (nSPS) is 12.5. The van der Waals surface area contributed by atoms with E-state index in [9.17, 15) is 33.1 Å². The summed E-state index contributed by atoms with van der Waals surface area (Å²) in [6, 6.07) is -1.07. The number of carboxylic acids is 1. The SMILES string of the molecule is O=C(O)CNC(=O)CNC(=O)C(CCCCNC(=O)CC(P(=O)(O)O)P(=O)(O)O)NC(=O)CS. The van der Waals surface area contributed by atoms with Crippen molar-refractivity contribution in [3.8, 4) is 0 Å². The third-order valence-electron chi connectivity index (χ3n) is 4.04. The first-order chi connectivity index (χ1) is 15.6. The Morgan fingerprint density at radius 2 is 1.38 bits per heavy atom. The molecule has 0 aromatic rings. The van der Waals surface area contributed by atoms with Gasteiger partial charge in [0, 0.05) is 6.54 Å². The van der Waals surface area contributed by atoms with Crippen LogP contribution >= 0.6 is 27.8 Å². The molecule has 0 aliphatic carbocycles. The lowest BCUT2D eigenvalue weighted by Crippen LogP contribution is -2.49. The molecule has 0 aromatic carbocycles. The van der Waals surface area contributed by atoms with Crippen LogP contribution in [0.2, 0.25) is 0 Å². The summed E-state index contributed by atoms with van der Waals surface area (Å²) in [4.78, 5) is 93.6. The van der Waals surface area contributed by atoms with Crippen molar-refractivity contribution in [2.24, 2.45) is 0 Å². The first-order valence-corrected chi connectivity index (χ1v) is 13.6. The topological polar surface area (TPSA) is 269 Å². The number of aliphatic carboxylic acids is 1. The molecule has 0 saturated heterocycles. The molecule has 19 heteroatoms. The lowest BCUT2D eigenvalue weighted by molar-refractivity contribution is -0.138. The molecule has 1 atom stereocenters. The fraction of sp³-hybridized carbons (Fsp3) is 0.667. The molecule has 0 aliphatic heterocycles. The van der Waals surface area contributed by atoms with Gasteiger partial charge in [0.1, 0.15) is 12.6 Å². The average Bonchev–Trinajstić information content (AvgIpc) is 2.71. The first kappa shape index (κ1) is 32.0. The van der Waals surface area contributed by atoms with Crippen LogP contribution in [-0.2, 0) is 33.1 Å². The fourth-order valence-corrected chi connectivity index (χ4v) is 4.88. The maximum absolute atomic E-state index is 12.3. The number of hydrogen-bond acceptors (Lipinski definition) is 8. The monoisotopic (exact) mass is 550 g/mol. The summed E-state index contributed by atoms with van der Waals surface area (Å²) in [5.74, 6) is -4.56. The van der Waals surface area contributed by atoms with Crippen molar-refractivity contribution < 1.29 is 57.8 Å². The van der Waals surface area contributed by atoms with Gasteiger partial charge in [0.15, 0.2) is 5.40 Å². The highest BCUT2D eigenvalue weighted by Crippen LogP contribution is 2.61. The van der Waals surface area contributed by atoms with Crippen LogP contribution in [0.15, 0.2) is 0 Å². The van der Waals surface area contributed by atoms with Crippen LogP contribution in [0.5, 0.6) is 0 Å². The Kier molecular flexibility index (Phi) is 14.2. The van der Waals surface area contributed by atoms with Crippen LogP contribution in [0.25, 0.3) is 0 Å². The maximum atomic E-state index is 12.3. The maximum Gasteiger partial charge on any atom is 0.341 e. The number of nitrogens with one attached hydrogen (secondary N) is 4. The lowest BCUT2D eigenvalue weighted by atomic mass is 10.1. The van der Waals surface area contributed by atoms with E-state index in [2.05, 4.69) is 28.6 Å². The van der Waals surface area contributed by atoms with Gasteiger partial charge in [-0.3, -0.25) is 33.1 Å². The first-order valence-electron chi connectivity index (χ1n) is 9.61. The second-order valence-electron chi connectivity index (χ2n) is 6.88. The largest absolute Gasteiger partial charge is 0.480 e. The van der Waals surface area contributed by atoms with Crippen LogP contribution < -0.4 is 21.3 Å². The quantitative estimate of drug-likeness (QED) is 0.0526. The van der Waals surface area contributed by atoms with Crippen LogP contribution in [-0.4, -0.2) is 91.1 Å². The number of carboxylic acid groups (broad SMARTS) is 1. The molecular formula is C15H28N4O12P2S. The highest BCUT2D eigenvalue weighted by atomic mass is 32.1. The van der Waals surface area contributed by atoms with Crippen molar-refractivity contribution in [2.75, 3.05) is 25.4 Å². The summed E-state index contributed by atoms with van der Waals surface area (Å²) in [5.41, 5.74) is 0. The number of unbranched alkanes of at least 4 members (excludes halogenated alkanes) is 1. The summed E-state index contributed by atoms with van der Waals surface area (Å²) in [6.07, 6.45) is -0.564. The van der Waals surface area contributed by atoms with E-state index in [1.54, 1.807) is 0 Å². The zero-order chi connectivity index (χ0) is 26.5. The summed E-state index contributed by atoms with van der Waals surface area (Å²) in [5, 5.41) is 14.9. The van der Waals surface area contributed by atoms with Gasteiger partial charge in [-0.1, -0.05) is 0 Å². The molecule has 0 aromatic heterocycles. The Morgan fingerprint density at radius 1 is 0.794 bits per heavy atom. The highest BCUT2D eigenvalue weighted by molar-refractivity contribution is 7.81. The number of carbonyl (C=O) groups is 5. The van der Waals surface area contributed by atoms with E-state index in [4.69, 9.17) is 24.7 Å². The average molecular weight is 550 g/mol. The minimum atomic E-state index is -5.23. The molecule has 0 fully saturated rings. The summed E-state index contributed by atoms with van der Waals surface area (Å²) < 4.78 is 22.4. The van der Waals surface area contributed by atoms with Gasteiger partial charge in [-0.25, -0.2) is 0 Å². The van der Waals surface area contributed by atoms with Crippen molar-refractivity contribution >= 4 is 57.4 Å². The predicted octanol–water partition coefficient (Wildman–Crippen LogP) is -2.92. The van der Waals surface area contributed by atoms with Gasteiger partial charge >= 0.3 is 21.2 Å². The Morgan fingerprint density at radius 3 is 1.88 bits per heavy atom. The number of carbonyl (C=O) groups excluding carboxylic acids is 4. The molecule has 0 rings (SSSR count). The number of amides is 4. The minimum absolute atomic E-state index is 0.0552. The third-order valence-corrected chi connectivity index (χ3v) is 8.05. The predicted molar refractivity (Wildman–Crippen MR) is 119 cm³/mol. The molecule has 196 valence electrons. The highest BCUT2D eigenvalue weighted by Gasteiger charge is 2.44. The van der Waals surface area contributed by atoms with Gasteiger partial charge in [0.05, 0.1) is 18.7 Å². The van der Waals surface area contributed by atoms with Gasteiger partial charge < -0.3 is 45.9 Å². The van der Waals surface area contributed by atoms with E-state index in [0.29, 0.717) is 0 Å². The zero-order valence-electron chi connectivity index (χ0n) is 17.7. The van der Waals surface area contributed by atoms with Crippen molar-refractivity contribution in [3.63, 3.8) is 0 Å². The van der Waals surface area contributed by atoms with Crippen molar-refractivity contribution in [1.29, 1.82) is 0 Å². The number of rotatable bonds is 16. The van der Waals surface area contributed by atoms with Crippen LogP contribution in [0.4, 0.5) is 0 Å². The molecule has 0 aliphatic rings.